The van der Waals surface area contributed by atoms with E-state index in [1.165, 1.54) is 5.70 Å². The zero-order valence-electron chi connectivity index (χ0n) is 10.8. The summed E-state index contributed by atoms with van der Waals surface area (Å²) in [4.78, 5) is 14.7. The maximum absolute atomic E-state index is 10.6. The first-order valence-corrected chi connectivity index (χ1v) is 6.38. The Morgan fingerprint density at radius 3 is 2.47 bits per heavy atom. The van der Waals surface area contributed by atoms with Crippen LogP contribution in [0.5, 0.6) is 0 Å². The van der Waals surface area contributed by atoms with Gasteiger partial charge in [0.25, 0.3) is 0 Å². The highest BCUT2D eigenvalue weighted by atomic mass is 16.1. The molecule has 1 saturated heterocycles. The molecule has 0 aromatic carbocycles. The predicted octanol–water partition coefficient (Wildman–Crippen LogP) is 2.19. The van der Waals surface area contributed by atoms with Crippen LogP contribution < -0.4 is 0 Å². The molecular formula is C14H22N2O. The summed E-state index contributed by atoms with van der Waals surface area (Å²) in [6.07, 6.45) is 12.6. The van der Waals surface area contributed by atoms with Crippen molar-refractivity contribution >= 4 is 6.41 Å². The fraction of sp³-hybridized carbons (Fsp3) is 0.500. The molecule has 0 aromatic rings. The van der Waals surface area contributed by atoms with E-state index in [4.69, 9.17) is 0 Å². The lowest BCUT2D eigenvalue weighted by Gasteiger charge is -2.34. The van der Waals surface area contributed by atoms with Crippen LogP contribution in [0.15, 0.2) is 36.1 Å². The van der Waals surface area contributed by atoms with E-state index in [2.05, 4.69) is 35.3 Å². The fourth-order valence-corrected chi connectivity index (χ4v) is 1.89. The van der Waals surface area contributed by atoms with Crippen LogP contribution in [0.2, 0.25) is 0 Å². The van der Waals surface area contributed by atoms with Crippen LogP contribution in [-0.2, 0) is 4.79 Å². The van der Waals surface area contributed by atoms with Crippen molar-refractivity contribution in [1.82, 2.24) is 9.80 Å². The Bertz CT molecular complexity index is 310. The second-order valence-electron chi connectivity index (χ2n) is 3.78. The number of rotatable bonds is 2. The lowest BCUT2D eigenvalue weighted by Crippen LogP contribution is -2.44. The zero-order chi connectivity index (χ0) is 12.5. The predicted molar refractivity (Wildman–Crippen MR) is 71.5 cm³/mol. The Balaban J connectivity index is 0.000000686. The van der Waals surface area contributed by atoms with Crippen molar-refractivity contribution in [1.29, 1.82) is 0 Å². The summed E-state index contributed by atoms with van der Waals surface area (Å²) in [5, 5.41) is 0. The van der Waals surface area contributed by atoms with Crippen LogP contribution in [0.1, 0.15) is 20.3 Å². The summed E-state index contributed by atoms with van der Waals surface area (Å²) < 4.78 is 0. The minimum atomic E-state index is 0.835. The van der Waals surface area contributed by atoms with Gasteiger partial charge in [-0.25, -0.2) is 0 Å². The number of allylic oxidation sites excluding steroid dienone is 5. The monoisotopic (exact) mass is 234 g/mol. The first-order valence-electron chi connectivity index (χ1n) is 6.38. The Kier molecular flexibility index (Phi) is 6.15. The highest BCUT2D eigenvalue weighted by Gasteiger charge is 2.15. The molecule has 1 heterocycles. The van der Waals surface area contributed by atoms with Crippen LogP contribution in [0, 0.1) is 0 Å². The van der Waals surface area contributed by atoms with Gasteiger partial charge in [-0.05, 0) is 12.5 Å². The van der Waals surface area contributed by atoms with Crippen molar-refractivity contribution in [2.75, 3.05) is 26.2 Å². The van der Waals surface area contributed by atoms with Crippen molar-refractivity contribution in [2.24, 2.45) is 0 Å². The van der Waals surface area contributed by atoms with Gasteiger partial charge in [-0.1, -0.05) is 38.2 Å². The molecule has 0 radical (unpaired) electrons. The van der Waals surface area contributed by atoms with E-state index in [0.717, 1.165) is 39.0 Å². The molecule has 3 nitrogen and oxygen atoms in total. The van der Waals surface area contributed by atoms with Gasteiger partial charge in [-0.3, -0.25) is 4.79 Å². The molecular weight excluding hydrogens is 212 g/mol. The van der Waals surface area contributed by atoms with Crippen LogP contribution >= 0.6 is 0 Å². The number of carbonyl (C=O) groups is 1. The van der Waals surface area contributed by atoms with Crippen LogP contribution in [-0.4, -0.2) is 42.4 Å². The smallest absolute Gasteiger partial charge is 0.209 e. The largest absolute Gasteiger partial charge is 0.368 e. The minimum Gasteiger partial charge on any atom is -0.368 e. The molecule has 0 aromatic heterocycles. The Hall–Kier alpha value is -1.51. The van der Waals surface area contributed by atoms with Crippen molar-refractivity contribution in [3.8, 4) is 0 Å². The van der Waals surface area contributed by atoms with Gasteiger partial charge in [0.1, 0.15) is 0 Å². The van der Waals surface area contributed by atoms with E-state index < -0.39 is 0 Å². The summed E-state index contributed by atoms with van der Waals surface area (Å²) in [7, 11) is 0. The van der Waals surface area contributed by atoms with E-state index in [0.29, 0.717) is 0 Å². The number of carbonyl (C=O) groups excluding carboxylic acids is 1. The molecule has 0 spiro atoms. The molecule has 1 amide bonds. The van der Waals surface area contributed by atoms with E-state index in [-0.39, 0.29) is 0 Å². The standard InChI is InChI=1S/C12H16N2O.C2H6/c15-11-13-7-9-14(10-8-13)12-5-3-1-2-4-6-12;1-2/h1-3,5-6,11H,4,7-10H2;1-2H3. The lowest BCUT2D eigenvalue weighted by atomic mass is 10.2. The maximum atomic E-state index is 10.6. The van der Waals surface area contributed by atoms with Gasteiger partial charge in [0, 0.05) is 31.9 Å². The fourth-order valence-electron chi connectivity index (χ4n) is 1.89. The van der Waals surface area contributed by atoms with E-state index in [9.17, 15) is 4.79 Å². The second-order valence-corrected chi connectivity index (χ2v) is 3.78. The van der Waals surface area contributed by atoms with Gasteiger partial charge in [-0.2, -0.15) is 0 Å². The highest BCUT2D eigenvalue weighted by molar-refractivity contribution is 5.47. The summed E-state index contributed by atoms with van der Waals surface area (Å²) in [6.45, 7) is 7.55. The molecule has 0 bridgehead atoms. The molecule has 94 valence electrons. The second kappa shape index (κ2) is 7.71. The third-order valence-corrected chi connectivity index (χ3v) is 2.81. The molecule has 17 heavy (non-hydrogen) atoms. The number of piperazine rings is 1. The van der Waals surface area contributed by atoms with Crippen LogP contribution in [0.4, 0.5) is 0 Å². The van der Waals surface area contributed by atoms with Gasteiger partial charge in [0.2, 0.25) is 6.41 Å². The maximum Gasteiger partial charge on any atom is 0.209 e. The van der Waals surface area contributed by atoms with Gasteiger partial charge >= 0.3 is 0 Å². The van der Waals surface area contributed by atoms with Gasteiger partial charge in [0.05, 0.1) is 0 Å². The number of hydrogen-bond acceptors (Lipinski definition) is 2. The quantitative estimate of drug-likeness (QED) is 0.684. The zero-order valence-corrected chi connectivity index (χ0v) is 10.8. The number of hydrogen-bond donors (Lipinski definition) is 0. The average Bonchev–Trinajstić information content (AvgIpc) is 2.70. The average molecular weight is 234 g/mol. The van der Waals surface area contributed by atoms with E-state index in [1.54, 1.807) is 0 Å². The molecule has 0 atom stereocenters. The minimum absolute atomic E-state index is 0.835. The van der Waals surface area contributed by atoms with Crippen molar-refractivity contribution in [3.63, 3.8) is 0 Å². The Labute approximate surface area is 104 Å². The van der Waals surface area contributed by atoms with Gasteiger partial charge < -0.3 is 9.80 Å². The third kappa shape index (κ3) is 4.10. The Morgan fingerprint density at radius 2 is 1.82 bits per heavy atom. The summed E-state index contributed by atoms with van der Waals surface area (Å²) in [5.41, 5.74) is 1.28. The Morgan fingerprint density at radius 1 is 1.12 bits per heavy atom. The first-order chi connectivity index (χ1) is 8.40. The topological polar surface area (TPSA) is 23.6 Å². The normalized spacial score (nSPS) is 19.1. The molecule has 0 unspecified atom stereocenters. The molecule has 0 saturated carbocycles. The van der Waals surface area contributed by atoms with Crippen LogP contribution in [0.3, 0.4) is 0 Å². The highest BCUT2D eigenvalue weighted by Crippen LogP contribution is 2.13. The number of nitrogens with zero attached hydrogens (tertiary/aromatic N) is 2. The van der Waals surface area contributed by atoms with Gasteiger partial charge in [-0.15, -0.1) is 0 Å². The molecule has 0 N–H and O–H groups in total. The molecule has 1 aliphatic heterocycles. The summed E-state index contributed by atoms with van der Waals surface area (Å²) >= 11 is 0. The number of amides is 1. The molecule has 1 aliphatic carbocycles. The van der Waals surface area contributed by atoms with E-state index >= 15 is 0 Å². The molecule has 3 heteroatoms. The lowest BCUT2D eigenvalue weighted by molar-refractivity contribution is -0.119. The first kappa shape index (κ1) is 13.6. The van der Waals surface area contributed by atoms with Crippen LogP contribution in [0.25, 0.3) is 0 Å². The third-order valence-electron chi connectivity index (χ3n) is 2.81. The molecule has 1 fully saturated rings. The van der Waals surface area contributed by atoms with E-state index in [1.807, 2.05) is 18.7 Å². The van der Waals surface area contributed by atoms with Crippen molar-refractivity contribution in [2.45, 2.75) is 20.3 Å². The van der Waals surface area contributed by atoms with Crippen molar-refractivity contribution in [3.05, 3.63) is 36.1 Å². The summed E-state index contributed by atoms with van der Waals surface area (Å²) in [5.74, 6) is 0. The summed E-state index contributed by atoms with van der Waals surface area (Å²) in [6, 6.07) is 0. The molecule has 2 rings (SSSR count). The SMILES string of the molecule is CC.O=CN1CCN(C2=CCC=CC=C2)CC1. The molecule has 2 aliphatic rings. The van der Waals surface area contributed by atoms with Crippen molar-refractivity contribution < 1.29 is 4.79 Å². The van der Waals surface area contributed by atoms with Gasteiger partial charge in [0.15, 0.2) is 0 Å².